The summed E-state index contributed by atoms with van der Waals surface area (Å²) in [5.41, 5.74) is 0. The van der Waals surface area contributed by atoms with Crippen molar-refractivity contribution in [1.29, 1.82) is 0 Å². The van der Waals surface area contributed by atoms with Crippen molar-refractivity contribution in [1.82, 2.24) is 0 Å². The molecule has 7 heteroatoms. The van der Waals surface area contributed by atoms with Crippen LogP contribution in [0.15, 0.2) is 0 Å². The highest BCUT2D eigenvalue weighted by Gasteiger charge is 2.46. The minimum absolute atomic E-state index is 0.302. The molecule has 0 saturated carbocycles. The highest BCUT2D eigenvalue weighted by Crippen LogP contribution is 2.55. The molecule has 0 aromatic rings. The Morgan fingerprint density at radius 3 is 2.58 bits per heavy atom. The molecule has 0 unspecified atom stereocenters. The molecule has 3 N–H and O–H groups in total. The van der Waals surface area contributed by atoms with Crippen molar-refractivity contribution in [2.45, 2.75) is 18.1 Å². The van der Waals surface area contributed by atoms with E-state index in [1.807, 2.05) is 0 Å². The number of aliphatic hydroxyl groups is 3. The summed E-state index contributed by atoms with van der Waals surface area (Å²) in [7, 11) is -2.53. The molecule has 1 heterocycles. The molecule has 0 radical (unpaired) electrons. The summed E-state index contributed by atoms with van der Waals surface area (Å²) in [4.78, 5) is 0. The van der Waals surface area contributed by atoms with Gasteiger partial charge in [-0.1, -0.05) is 0 Å². The maximum atomic E-state index is 11.3. The summed E-state index contributed by atoms with van der Waals surface area (Å²) in [6.45, 7) is -0.302. The highest BCUT2D eigenvalue weighted by atomic mass is 31.2. The first-order chi connectivity index (χ1) is 5.51. The van der Waals surface area contributed by atoms with Gasteiger partial charge in [-0.05, 0) is 0 Å². The molecule has 1 aliphatic rings. The third kappa shape index (κ3) is 1.54. The fraction of sp³-hybridized carbons (Fsp3) is 1.00. The number of hydrogen-bond acceptors (Lipinski definition) is 6. The summed E-state index contributed by atoms with van der Waals surface area (Å²) in [5.74, 6) is -1.67. The Bertz CT molecular complexity index is 206. The highest BCUT2D eigenvalue weighted by molar-refractivity contribution is 7.54. The largest absolute Gasteiger partial charge is 0.388 e. The molecule has 4 atom stereocenters. The summed E-state index contributed by atoms with van der Waals surface area (Å²) < 4.78 is 20.3. The quantitative estimate of drug-likeness (QED) is 0.462. The zero-order chi connectivity index (χ0) is 9.35. The number of aliphatic hydroxyl groups excluding tert-OH is 3. The van der Waals surface area contributed by atoms with Gasteiger partial charge in [-0.2, -0.15) is 0 Å². The van der Waals surface area contributed by atoms with Gasteiger partial charge in [0.15, 0.2) is 5.85 Å². The monoisotopic (exact) mass is 198 g/mol. The number of hydrogen-bond donors (Lipinski definition) is 3. The van der Waals surface area contributed by atoms with Crippen LogP contribution in [0.5, 0.6) is 0 Å². The van der Waals surface area contributed by atoms with Gasteiger partial charge >= 0.3 is 7.60 Å². The first-order valence-electron chi connectivity index (χ1n) is 3.35. The molecule has 72 valence electrons. The van der Waals surface area contributed by atoms with E-state index in [-0.39, 0.29) is 6.61 Å². The minimum Gasteiger partial charge on any atom is -0.388 e. The third-order valence-corrected chi connectivity index (χ3v) is 3.67. The van der Waals surface area contributed by atoms with Crippen molar-refractivity contribution in [3.05, 3.63) is 0 Å². The summed E-state index contributed by atoms with van der Waals surface area (Å²) in [6.07, 6.45) is -2.71. The van der Waals surface area contributed by atoms with Crippen molar-refractivity contribution >= 4 is 7.60 Å². The van der Waals surface area contributed by atoms with Gasteiger partial charge in [-0.25, -0.2) is 0 Å². The molecule has 0 amide bonds. The zero-order valence-electron chi connectivity index (χ0n) is 6.45. The van der Waals surface area contributed by atoms with E-state index >= 15 is 0 Å². The van der Waals surface area contributed by atoms with Crippen LogP contribution in [-0.2, 0) is 13.6 Å². The second-order valence-corrected chi connectivity index (χ2v) is 4.72. The Morgan fingerprint density at radius 2 is 2.08 bits per heavy atom. The second-order valence-electron chi connectivity index (χ2n) is 2.49. The lowest BCUT2D eigenvalue weighted by Crippen LogP contribution is -2.44. The average Bonchev–Trinajstić information content (AvgIpc) is 2.09. The first kappa shape index (κ1) is 10.1. The molecular weight excluding hydrogens is 187 g/mol. The molecule has 0 bridgehead atoms. The van der Waals surface area contributed by atoms with Crippen molar-refractivity contribution in [3.8, 4) is 0 Å². The molecule has 0 aromatic heterocycles. The van der Waals surface area contributed by atoms with E-state index in [0.29, 0.717) is 0 Å². The molecule has 1 rings (SSSR count). The van der Waals surface area contributed by atoms with Crippen molar-refractivity contribution < 1.29 is 28.9 Å². The van der Waals surface area contributed by atoms with Gasteiger partial charge in [0.1, 0.15) is 12.2 Å². The Balaban J connectivity index is 2.78. The second kappa shape index (κ2) is 3.41. The normalized spacial score (nSPS) is 49.2. The van der Waals surface area contributed by atoms with E-state index in [2.05, 4.69) is 9.05 Å². The van der Waals surface area contributed by atoms with Crippen LogP contribution in [-0.4, -0.2) is 47.1 Å². The molecule has 1 aliphatic heterocycles. The predicted octanol–water partition coefficient (Wildman–Crippen LogP) is -1.10. The maximum Gasteiger partial charge on any atom is 0.361 e. The van der Waals surface area contributed by atoms with E-state index < -0.39 is 25.6 Å². The van der Waals surface area contributed by atoms with Crippen LogP contribution in [0.4, 0.5) is 0 Å². The van der Waals surface area contributed by atoms with Gasteiger partial charge in [-0.15, -0.1) is 0 Å². The molecular formula is C5H11O6P. The number of rotatable bonds is 1. The van der Waals surface area contributed by atoms with Gasteiger partial charge in [0.2, 0.25) is 0 Å². The standard InChI is InChI=1S/C5H11O6P/c1-10-12(9)5(8)4(7)3(6)2-11-12/h3-8H,2H2,1H3/t3-,4+,5+,12-/m1/s1. The smallest absolute Gasteiger partial charge is 0.361 e. The zero-order valence-corrected chi connectivity index (χ0v) is 7.35. The Hall–Kier alpha value is 0.0300. The van der Waals surface area contributed by atoms with Gasteiger partial charge in [0.05, 0.1) is 6.61 Å². The Labute approximate surface area is 69.3 Å². The predicted molar refractivity (Wildman–Crippen MR) is 38.6 cm³/mol. The Kier molecular flexibility index (Phi) is 2.88. The van der Waals surface area contributed by atoms with Gasteiger partial charge in [-0.3, -0.25) is 4.57 Å². The van der Waals surface area contributed by atoms with E-state index in [1.54, 1.807) is 0 Å². The SMILES string of the molecule is CO[P@@]1(=O)OC[C@@H](O)[C@H](O)[C@H]1O. The molecule has 1 saturated heterocycles. The van der Waals surface area contributed by atoms with Crippen LogP contribution in [0.3, 0.4) is 0 Å². The van der Waals surface area contributed by atoms with Crippen molar-refractivity contribution in [2.24, 2.45) is 0 Å². The van der Waals surface area contributed by atoms with E-state index in [1.165, 1.54) is 0 Å². The molecule has 12 heavy (non-hydrogen) atoms. The van der Waals surface area contributed by atoms with Gasteiger partial charge < -0.3 is 24.4 Å². The fourth-order valence-corrected chi connectivity index (χ4v) is 2.31. The summed E-state index contributed by atoms with van der Waals surface area (Å²) in [5, 5.41) is 27.2. The van der Waals surface area contributed by atoms with E-state index in [9.17, 15) is 4.57 Å². The van der Waals surface area contributed by atoms with Crippen LogP contribution < -0.4 is 0 Å². The first-order valence-corrected chi connectivity index (χ1v) is 4.96. The molecule has 0 spiro atoms. The van der Waals surface area contributed by atoms with Gasteiger partial charge in [0.25, 0.3) is 0 Å². The lowest BCUT2D eigenvalue weighted by atomic mass is 10.2. The fourth-order valence-electron chi connectivity index (χ4n) is 0.902. The maximum absolute atomic E-state index is 11.3. The minimum atomic E-state index is -3.63. The van der Waals surface area contributed by atoms with Crippen LogP contribution in [0.25, 0.3) is 0 Å². The third-order valence-electron chi connectivity index (χ3n) is 1.70. The average molecular weight is 198 g/mol. The Morgan fingerprint density at radius 1 is 1.50 bits per heavy atom. The van der Waals surface area contributed by atoms with E-state index in [0.717, 1.165) is 7.11 Å². The van der Waals surface area contributed by atoms with Crippen molar-refractivity contribution in [3.63, 3.8) is 0 Å². The van der Waals surface area contributed by atoms with E-state index in [4.69, 9.17) is 15.3 Å². The van der Waals surface area contributed by atoms with Crippen LogP contribution in [0, 0.1) is 0 Å². The molecule has 1 fully saturated rings. The molecule has 6 nitrogen and oxygen atoms in total. The van der Waals surface area contributed by atoms with Crippen LogP contribution in [0.2, 0.25) is 0 Å². The van der Waals surface area contributed by atoms with Crippen molar-refractivity contribution in [2.75, 3.05) is 13.7 Å². The molecule has 0 aromatic carbocycles. The van der Waals surface area contributed by atoms with Crippen LogP contribution in [0.1, 0.15) is 0 Å². The summed E-state index contributed by atoms with van der Waals surface area (Å²) in [6, 6.07) is 0. The topological polar surface area (TPSA) is 96.2 Å². The lowest BCUT2D eigenvalue weighted by molar-refractivity contribution is -0.0797. The lowest BCUT2D eigenvalue weighted by Gasteiger charge is -2.33. The van der Waals surface area contributed by atoms with Crippen LogP contribution >= 0.6 is 7.60 Å². The van der Waals surface area contributed by atoms with Gasteiger partial charge in [0, 0.05) is 7.11 Å². The molecule has 0 aliphatic carbocycles. The summed E-state index contributed by atoms with van der Waals surface area (Å²) >= 11 is 0.